The van der Waals surface area contributed by atoms with E-state index in [4.69, 9.17) is 4.74 Å². The number of carbonyl (C=O) groups is 2. The van der Waals surface area contributed by atoms with Gasteiger partial charge in [0.15, 0.2) is 0 Å². The summed E-state index contributed by atoms with van der Waals surface area (Å²) >= 11 is 0. The summed E-state index contributed by atoms with van der Waals surface area (Å²) in [4.78, 5) is 28.9. The molecule has 1 unspecified atom stereocenters. The highest BCUT2D eigenvalue weighted by atomic mass is 16.5. The molecule has 0 aromatic heterocycles. The van der Waals surface area contributed by atoms with E-state index in [0.717, 1.165) is 11.3 Å². The molecule has 6 nitrogen and oxygen atoms in total. The fraction of sp³-hybridized carbons (Fsp3) is 0.273. The van der Waals surface area contributed by atoms with Crippen LogP contribution in [0.1, 0.15) is 17.2 Å². The lowest BCUT2D eigenvalue weighted by Crippen LogP contribution is -2.32. The Labute approximate surface area is 164 Å². The van der Waals surface area contributed by atoms with Crippen molar-refractivity contribution >= 4 is 23.1 Å². The number of hydrogen-bond donors (Lipinski definition) is 1. The van der Waals surface area contributed by atoms with Gasteiger partial charge in [-0.1, -0.05) is 42.5 Å². The third kappa shape index (κ3) is 3.64. The Bertz CT molecular complexity index is 889. The molecule has 1 atom stereocenters. The van der Waals surface area contributed by atoms with Crippen molar-refractivity contribution in [1.29, 1.82) is 0 Å². The van der Waals surface area contributed by atoms with Crippen LogP contribution in [0.25, 0.3) is 5.76 Å². The number of carbonyl (C=O) groups excluding carboxylic acids is 2. The van der Waals surface area contributed by atoms with Gasteiger partial charge in [-0.3, -0.25) is 9.59 Å². The molecule has 1 saturated heterocycles. The second kappa shape index (κ2) is 8.27. The maximum atomic E-state index is 12.8. The van der Waals surface area contributed by atoms with Gasteiger partial charge in [-0.25, -0.2) is 0 Å². The van der Waals surface area contributed by atoms with Crippen molar-refractivity contribution in [2.75, 3.05) is 39.3 Å². The number of benzene rings is 2. The first-order chi connectivity index (χ1) is 13.5. The van der Waals surface area contributed by atoms with Crippen LogP contribution in [-0.2, 0) is 14.3 Å². The van der Waals surface area contributed by atoms with Gasteiger partial charge in [-0.05, 0) is 17.7 Å². The maximum absolute atomic E-state index is 12.8. The first-order valence-corrected chi connectivity index (χ1v) is 9.05. The maximum Gasteiger partial charge on any atom is 0.295 e. The van der Waals surface area contributed by atoms with Gasteiger partial charge in [-0.2, -0.15) is 0 Å². The molecule has 6 heteroatoms. The van der Waals surface area contributed by atoms with E-state index in [2.05, 4.69) is 0 Å². The average molecular weight is 380 g/mol. The lowest BCUT2D eigenvalue weighted by molar-refractivity contribution is -0.140. The van der Waals surface area contributed by atoms with Crippen molar-refractivity contribution in [2.45, 2.75) is 6.04 Å². The van der Waals surface area contributed by atoms with Crippen LogP contribution in [0.2, 0.25) is 0 Å². The molecule has 0 spiro atoms. The molecule has 3 rings (SSSR count). The van der Waals surface area contributed by atoms with Crippen LogP contribution < -0.4 is 4.90 Å². The van der Waals surface area contributed by atoms with Crippen molar-refractivity contribution < 1.29 is 19.4 Å². The van der Waals surface area contributed by atoms with Gasteiger partial charge in [0.2, 0.25) is 0 Å². The Morgan fingerprint density at radius 2 is 1.71 bits per heavy atom. The number of hydrogen-bond acceptors (Lipinski definition) is 5. The van der Waals surface area contributed by atoms with E-state index in [0.29, 0.717) is 12.2 Å². The normalized spacial score (nSPS) is 18.5. The number of nitrogens with zero attached hydrogens (tertiary/aromatic N) is 2. The Morgan fingerprint density at radius 1 is 1.07 bits per heavy atom. The Kier molecular flexibility index (Phi) is 5.80. The number of anilines is 1. The number of ketones is 1. The van der Waals surface area contributed by atoms with Crippen molar-refractivity contribution in [3.63, 3.8) is 0 Å². The van der Waals surface area contributed by atoms with Gasteiger partial charge >= 0.3 is 0 Å². The predicted molar refractivity (Wildman–Crippen MR) is 108 cm³/mol. The van der Waals surface area contributed by atoms with Gasteiger partial charge in [0.05, 0.1) is 18.2 Å². The summed E-state index contributed by atoms with van der Waals surface area (Å²) in [7, 11) is 5.42. The Balaban J connectivity index is 2.12. The smallest absolute Gasteiger partial charge is 0.295 e. The molecule has 1 N–H and O–H groups in total. The summed E-state index contributed by atoms with van der Waals surface area (Å²) in [6.45, 7) is 0.553. The molecule has 1 fully saturated rings. The quantitative estimate of drug-likeness (QED) is 0.474. The number of rotatable bonds is 6. The third-order valence-electron chi connectivity index (χ3n) is 4.85. The standard InChI is InChI=1S/C22H24N2O4/c1-23(2)17-11-9-15(10-12-17)19-18(20(25)16-7-5-4-6-8-16)21(26)22(27)24(19)13-14-28-3/h4-12,19,25H,13-14H2,1-3H3. The van der Waals surface area contributed by atoms with Gasteiger partial charge in [0.1, 0.15) is 5.76 Å². The van der Waals surface area contributed by atoms with Gasteiger partial charge in [0.25, 0.3) is 11.7 Å². The minimum atomic E-state index is -0.681. The number of methoxy groups -OCH3 is 1. The summed E-state index contributed by atoms with van der Waals surface area (Å²) in [5.41, 5.74) is 2.37. The van der Waals surface area contributed by atoms with Crippen LogP contribution in [0, 0.1) is 0 Å². The molecule has 2 aromatic rings. The number of likely N-dealkylation sites (tertiary alicyclic amines) is 1. The van der Waals surface area contributed by atoms with Crippen molar-refractivity contribution in [3.05, 3.63) is 71.3 Å². The van der Waals surface area contributed by atoms with E-state index in [1.807, 2.05) is 49.3 Å². The average Bonchev–Trinajstić information content (AvgIpc) is 2.97. The molecule has 1 amide bonds. The zero-order valence-corrected chi connectivity index (χ0v) is 16.3. The molecule has 2 aromatic carbocycles. The van der Waals surface area contributed by atoms with Crippen LogP contribution >= 0.6 is 0 Å². The van der Waals surface area contributed by atoms with E-state index < -0.39 is 17.7 Å². The van der Waals surface area contributed by atoms with Crippen molar-refractivity contribution in [2.24, 2.45) is 0 Å². The van der Waals surface area contributed by atoms with Crippen molar-refractivity contribution in [1.82, 2.24) is 4.90 Å². The molecule has 1 aliphatic heterocycles. The summed E-state index contributed by atoms with van der Waals surface area (Å²) in [6.07, 6.45) is 0. The van der Waals surface area contributed by atoms with Crippen LogP contribution in [0.15, 0.2) is 60.2 Å². The molecule has 1 heterocycles. The highest BCUT2D eigenvalue weighted by Gasteiger charge is 2.45. The number of aliphatic hydroxyl groups is 1. The largest absolute Gasteiger partial charge is 0.507 e. The fourth-order valence-electron chi connectivity index (χ4n) is 3.35. The zero-order chi connectivity index (χ0) is 20.3. The monoisotopic (exact) mass is 380 g/mol. The Morgan fingerprint density at radius 3 is 2.29 bits per heavy atom. The van der Waals surface area contributed by atoms with E-state index in [1.165, 1.54) is 4.90 Å². The Hall–Kier alpha value is -3.12. The van der Waals surface area contributed by atoms with E-state index in [1.54, 1.807) is 31.4 Å². The minimum absolute atomic E-state index is 0.102. The molecule has 0 radical (unpaired) electrons. The van der Waals surface area contributed by atoms with Crippen LogP contribution in [0.4, 0.5) is 5.69 Å². The summed E-state index contributed by atoms with van der Waals surface area (Å²) in [5.74, 6) is -1.48. The second-order valence-electron chi connectivity index (χ2n) is 6.84. The fourth-order valence-corrected chi connectivity index (χ4v) is 3.35. The number of ether oxygens (including phenoxy) is 1. The number of Topliss-reactive ketones (excluding diaryl/α,β-unsaturated/α-hetero) is 1. The van der Waals surface area contributed by atoms with Gasteiger partial charge in [0, 0.05) is 39.0 Å². The van der Waals surface area contributed by atoms with Crippen LogP contribution in [-0.4, -0.2) is 56.1 Å². The summed E-state index contributed by atoms with van der Waals surface area (Å²) < 4.78 is 5.11. The SMILES string of the molecule is COCCN1C(=O)C(=O)C(=C(O)c2ccccc2)C1c1ccc(N(C)C)cc1. The summed E-state index contributed by atoms with van der Waals surface area (Å²) in [5, 5.41) is 10.9. The summed E-state index contributed by atoms with van der Waals surface area (Å²) in [6, 6.07) is 15.7. The van der Waals surface area contributed by atoms with Gasteiger partial charge < -0.3 is 19.6 Å². The number of amides is 1. The van der Waals surface area contributed by atoms with Crippen LogP contribution in [0.5, 0.6) is 0 Å². The van der Waals surface area contributed by atoms with E-state index >= 15 is 0 Å². The molecule has 28 heavy (non-hydrogen) atoms. The molecule has 0 bridgehead atoms. The molecule has 146 valence electrons. The minimum Gasteiger partial charge on any atom is -0.507 e. The number of aliphatic hydroxyl groups excluding tert-OH is 1. The van der Waals surface area contributed by atoms with E-state index in [-0.39, 0.29) is 17.9 Å². The van der Waals surface area contributed by atoms with Crippen LogP contribution in [0.3, 0.4) is 0 Å². The zero-order valence-electron chi connectivity index (χ0n) is 16.3. The molecular weight excluding hydrogens is 356 g/mol. The second-order valence-corrected chi connectivity index (χ2v) is 6.84. The third-order valence-corrected chi connectivity index (χ3v) is 4.85. The van der Waals surface area contributed by atoms with Gasteiger partial charge in [-0.15, -0.1) is 0 Å². The van der Waals surface area contributed by atoms with Crippen molar-refractivity contribution in [3.8, 4) is 0 Å². The lowest BCUT2D eigenvalue weighted by atomic mass is 9.95. The lowest BCUT2D eigenvalue weighted by Gasteiger charge is -2.25. The molecule has 1 aliphatic rings. The molecule has 0 saturated carbocycles. The molecular formula is C22H24N2O4. The predicted octanol–water partition coefficient (Wildman–Crippen LogP) is 2.82. The van der Waals surface area contributed by atoms with E-state index in [9.17, 15) is 14.7 Å². The first-order valence-electron chi connectivity index (χ1n) is 9.05. The highest BCUT2D eigenvalue weighted by Crippen LogP contribution is 2.39. The first kappa shape index (κ1) is 19.6. The highest BCUT2D eigenvalue weighted by molar-refractivity contribution is 6.46. The molecule has 0 aliphatic carbocycles. The topological polar surface area (TPSA) is 70.1 Å².